The molecule has 0 saturated carbocycles. The van der Waals surface area contributed by atoms with Gasteiger partial charge < -0.3 is 10.1 Å². The van der Waals surface area contributed by atoms with Gasteiger partial charge in [-0.3, -0.25) is 9.52 Å². The van der Waals surface area contributed by atoms with E-state index in [1.165, 1.54) is 30.3 Å². The van der Waals surface area contributed by atoms with Gasteiger partial charge in [0.2, 0.25) is 0 Å². The first-order valence-electron chi connectivity index (χ1n) is 10.7. The number of hydrogen-bond donors (Lipinski definition) is 2. The quantitative estimate of drug-likeness (QED) is 0.358. The first-order valence-corrected chi connectivity index (χ1v) is 12.2. The topological polar surface area (TPSA) is 84.5 Å². The Bertz CT molecular complexity index is 1410. The number of hydrogen-bond acceptors (Lipinski definition) is 4. The molecular weight excluding hydrogens is 467 g/mol. The van der Waals surface area contributed by atoms with Crippen LogP contribution < -0.4 is 14.8 Å². The maximum atomic E-state index is 13.5. The fraction of sp³-hybridized carbons (Fsp3) is 0.0741. The SMILES string of the molecule is COc1ccc(C(NC(=O)c2cccc(NS(=O)(=O)c3ccccc3)c2)c2ccc(F)cc2)cc1. The molecule has 0 aromatic heterocycles. The summed E-state index contributed by atoms with van der Waals surface area (Å²) >= 11 is 0. The zero-order chi connectivity index (χ0) is 24.8. The highest BCUT2D eigenvalue weighted by atomic mass is 32.2. The van der Waals surface area contributed by atoms with E-state index >= 15 is 0 Å². The van der Waals surface area contributed by atoms with Gasteiger partial charge in [0.25, 0.3) is 15.9 Å². The van der Waals surface area contributed by atoms with Crippen LogP contribution in [0.2, 0.25) is 0 Å². The number of halogens is 1. The van der Waals surface area contributed by atoms with Crippen LogP contribution in [0.3, 0.4) is 0 Å². The van der Waals surface area contributed by atoms with Crippen LogP contribution >= 0.6 is 0 Å². The molecule has 35 heavy (non-hydrogen) atoms. The minimum atomic E-state index is -3.80. The monoisotopic (exact) mass is 490 g/mol. The molecule has 0 bridgehead atoms. The molecular formula is C27H23FN2O4S. The molecule has 1 amide bonds. The summed E-state index contributed by atoms with van der Waals surface area (Å²) in [5.41, 5.74) is 1.97. The van der Waals surface area contributed by atoms with Crippen molar-refractivity contribution in [2.75, 3.05) is 11.8 Å². The van der Waals surface area contributed by atoms with Gasteiger partial charge in [0, 0.05) is 11.3 Å². The normalized spacial score (nSPS) is 11.9. The number of rotatable bonds is 8. The second-order valence-corrected chi connectivity index (χ2v) is 9.41. The average molecular weight is 491 g/mol. The van der Waals surface area contributed by atoms with Gasteiger partial charge in [-0.25, -0.2) is 12.8 Å². The minimum absolute atomic E-state index is 0.116. The van der Waals surface area contributed by atoms with Crippen LogP contribution in [0.4, 0.5) is 10.1 Å². The Balaban J connectivity index is 1.60. The van der Waals surface area contributed by atoms with E-state index in [2.05, 4.69) is 10.0 Å². The van der Waals surface area contributed by atoms with Crippen LogP contribution in [0.5, 0.6) is 5.75 Å². The predicted octanol–water partition coefficient (Wildman–Crippen LogP) is 5.15. The van der Waals surface area contributed by atoms with Crippen LogP contribution in [0.25, 0.3) is 0 Å². The third-order valence-electron chi connectivity index (χ3n) is 5.36. The van der Waals surface area contributed by atoms with Crippen molar-refractivity contribution in [3.05, 3.63) is 126 Å². The molecule has 4 aromatic rings. The van der Waals surface area contributed by atoms with Gasteiger partial charge in [-0.05, 0) is 65.7 Å². The minimum Gasteiger partial charge on any atom is -0.497 e. The van der Waals surface area contributed by atoms with E-state index in [9.17, 15) is 17.6 Å². The Morgan fingerprint density at radius 3 is 2.09 bits per heavy atom. The van der Waals surface area contributed by atoms with Crippen LogP contribution in [0, 0.1) is 5.82 Å². The molecule has 0 fully saturated rings. The van der Waals surface area contributed by atoms with E-state index in [0.717, 1.165) is 5.56 Å². The average Bonchev–Trinajstić information content (AvgIpc) is 2.88. The molecule has 4 rings (SSSR count). The highest BCUT2D eigenvalue weighted by Crippen LogP contribution is 2.26. The molecule has 0 aliphatic heterocycles. The maximum absolute atomic E-state index is 13.5. The van der Waals surface area contributed by atoms with E-state index in [1.807, 2.05) is 12.1 Å². The molecule has 0 aliphatic rings. The van der Waals surface area contributed by atoms with E-state index in [1.54, 1.807) is 67.8 Å². The molecule has 8 heteroatoms. The Hall–Kier alpha value is -4.17. The number of ether oxygens (including phenoxy) is 1. The van der Waals surface area contributed by atoms with Crippen LogP contribution in [-0.4, -0.2) is 21.4 Å². The Morgan fingerprint density at radius 1 is 0.829 bits per heavy atom. The van der Waals surface area contributed by atoms with E-state index in [4.69, 9.17) is 4.74 Å². The van der Waals surface area contributed by atoms with Gasteiger partial charge in [-0.2, -0.15) is 0 Å². The molecule has 6 nitrogen and oxygen atoms in total. The van der Waals surface area contributed by atoms with Crippen molar-refractivity contribution in [2.24, 2.45) is 0 Å². The van der Waals surface area contributed by atoms with Gasteiger partial charge in [-0.15, -0.1) is 0 Å². The lowest BCUT2D eigenvalue weighted by molar-refractivity contribution is 0.0943. The van der Waals surface area contributed by atoms with Gasteiger partial charge in [0.15, 0.2) is 0 Å². The number of sulfonamides is 1. The molecule has 4 aromatic carbocycles. The predicted molar refractivity (Wildman–Crippen MR) is 132 cm³/mol. The number of nitrogens with one attached hydrogen (secondary N) is 2. The molecule has 178 valence electrons. The third kappa shape index (κ3) is 5.85. The van der Waals surface area contributed by atoms with Crippen molar-refractivity contribution in [1.29, 1.82) is 0 Å². The number of anilines is 1. The van der Waals surface area contributed by atoms with Gasteiger partial charge in [0.05, 0.1) is 18.0 Å². The van der Waals surface area contributed by atoms with Crippen molar-refractivity contribution in [3.63, 3.8) is 0 Å². The van der Waals surface area contributed by atoms with Crippen LogP contribution in [0.1, 0.15) is 27.5 Å². The lowest BCUT2D eigenvalue weighted by Crippen LogP contribution is -2.29. The molecule has 0 aliphatic carbocycles. The summed E-state index contributed by atoms with van der Waals surface area (Å²) in [6, 6.07) is 26.7. The Morgan fingerprint density at radius 2 is 1.46 bits per heavy atom. The van der Waals surface area contributed by atoms with Gasteiger partial charge in [-0.1, -0.05) is 48.5 Å². The van der Waals surface area contributed by atoms with Crippen molar-refractivity contribution in [2.45, 2.75) is 10.9 Å². The summed E-state index contributed by atoms with van der Waals surface area (Å²) in [5, 5.41) is 2.97. The highest BCUT2D eigenvalue weighted by molar-refractivity contribution is 7.92. The summed E-state index contributed by atoms with van der Waals surface area (Å²) in [4.78, 5) is 13.3. The molecule has 0 saturated heterocycles. The maximum Gasteiger partial charge on any atom is 0.261 e. The Labute approximate surface area is 203 Å². The van der Waals surface area contributed by atoms with Crippen molar-refractivity contribution < 1.29 is 22.3 Å². The zero-order valence-electron chi connectivity index (χ0n) is 18.8. The summed E-state index contributed by atoms with van der Waals surface area (Å²) in [5.74, 6) is -0.140. The van der Waals surface area contributed by atoms with Crippen molar-refractivity contribution >= 4 is 21.6 Å². The molecule has 1 atom stereocenters. The van der Waals surface area contributed by atoms with Crippen molar-refractivity contribution in [3.8, 4) is 5.75 Å². The summed E-state index contributed by atoms with van der Waals surface area (Å²) in [7, 11) is -2.24. The third-order valence-corrected chi connectivity index (χ3v) is 6.76. The molecule has 0 heterocycles. The van der Waals surface area contributed by atoms with Gasteiger partial charge in [0.1, 0.15) is 11.6 Å². The Kier molecular flexibility index (Phi) is 7.12. The lowest BCUT2D eigenvalue weighted by Gasteiger charge is -2.20. The molecule has 0 spiro atoms. The fourth-order valence-corrected chi connectivity index (χ4v) is 4.63. The number of methoxy groups -OCH3 is 1. The summed E-state index contributed by atoms with van der Waals surface area (Å²) in [6.45, 7) is 0. The second-order valence-electron chi connectivity index (χ2n) is 7.73. The zero-order valence-corrected chi connectivity index (χ0v) is 19.6. The largest absolute Gasteiger partial charge is 0.497 e. The second kappa shape index (κ2) is 10.4. The van der Waals surface area contributed by atoms with E-state index in [-0.39, 0.29) is 22.0 Å². The van der Waals surface area contributed by atoms with Crippen LogP contribution in [0.15, 0.2) is 108 Å². The highest BCUT2D eigenvalue weighted by Gasteiger charge is 2.20. The van der Waals surface area contributed by atoms with E-state index < -0.39 is 22.0 Å². The van der Waals surface area contributed by atoms with E-state index in [0.29, 0.717) is 11.3 Å². The number of amides is 1. The summed E-state index contributed by atoms with van der Waals surface area (Å²) in [6.07, 6.45) is 0. The number of carbonyl (C=O) groups is 1. The number of benzene rings is 4. The first kappa shape index (κ1) is 24.0. The van der Waals surface area contributed by atoms with Crippen molar-refractivity contribution in [1.82, 2.24) is 5.32 Å². The molecule has 1 unspecified atom stereocenters. The fourth-order valence-electron chi connectivity index (χ4n) is 3.56. The smallest absolute Gasteiger partial charge is 0.261 e. The number of carbonyl (C=O) groups excluding carboxylic acids is 1. The molecule has 0 radical (unpaired) electrons. The van der Waals surface area contributed by atoms with Gasteiger partial charge >= 0.3 is 0 Å². The van der Waals surface area contributed by atoms with Crippen LogP contribution in [-0.2, 0) is 10.0 Å². The first-order chi connectivity index (χ1) is 16.9. The lowest BCUT2D eigenvalue weighted by atomic mass is 9.98. The summed E-state index contributed by atoms with van der Waals surface area (Å²) < 4.78 is 46.6. The molecule has 2 N–H and O–H groups in total. The standard InChI is InChI=1S/C27H23FN2O4S/c1-34-24-16-12-20(13-17-24)26(19-10-14-22(28)15-11-19)29-27(31)21-6-5-7-23(18-21)30-35(32,33)25-8-3-2-4-9-25/h2-18,26,30H,1H3,(H,29,31).